The summed E-state index contributed by atoms with van der Waals surface area (Å²) in [5.74, 6) is 0.613. The molecule has 21 heavy (non-hydrogen) atoms. The number of likely N-dealkylation sites (N-methyl/N-ethyl adjacent to an activating group) is 1. The smallest absolute Gasteiger partial charge is 0.0395 e. The van der Waals surface area contributed by atoms with E-state index in [1.165, 1.54) is 39.8 Å². The molecule has 0 bridgehead atoms. The van der Waals surface area contributed by atoms with E-state index in [0.29, 0.717) is 12.0 Å². The quantitative estimate of drug-likeness (QED) is 0.862. The number of rotatable bonds is 4. The van der Waals surface area contributed by atoms with Gasteiger partial charge in [0, 0.05) is 12.0 Å². The molecule has 0 saturated heterocycles. The molecule has 0 heterocycles. The van der Waals surface area contributed by atoms with Crippen LogP contribution in [0.5, 0.6) is 0 Å². The van der Waals surface area contributed by atoms with Crippen LogP contribution >= 0.6 is 0 Å². The maximum absolute atomic E-state index is 3.73. The summed E-state index contributed by atoms with van der Waals surface area (Å²) >= 11 is 0. The minimum absolute atomic E-state index is 0.434. The van der Waals surface area contributed by atoms with Gasteiger partial charge in [0.05, 0.1) is 0 Å². The SMILES string of the molecule is CCNC(c1cc(C)c(C)cc1C)C1Cc2ccccc21. The first-order valence-corrected chi connectivity index (χ1v) is 8.00. The Labute approximate surface area is 128 Å². The fraction of sp³-hybridized carbons (Fsp3) is 0.400. The summed E-state index contributed by atoms with van der Waals surface area (Å²) in [6.45, 7) is 9.88. The first kappa shape index (κ1) is 14.3. The van der Waals surface area contributed by atoms with Crippen LogP contribution in [-0.2, 0) is 6.42 Å². The first-order valence-electron chi connectivity index (χ1n) is 8.00. The summed E-state index contributed by atoms with van der Waals surface area (Å²) in [5, 5.41) is 3.73. The van der Waals surface area contributed by atoms with Crippen molar-refractivity contribution >= 4 is 0 Å². The van der Waals surface area contributed by atoms with Gasteiger partial charge in [-0.05, 0) is 67.1 Å². The molecular formula is C20H25N. The molecule has 2 aromatic rings. The van der Waals surface area contributed by atoms with Gasteiger partial charge in [0.2, 0.25) is 0 Å². The van der Waals surface area contributed by atoms with Crippen LogP contribution in [0.2, 0.25) is 0 Å². The van der Waals surface area contributed by atoms with E-state index in [4.69, 9.17) is 0 Å². The van der Waals surface area contributed by atoms with E-state index in [2.05, 4.69) is 69.4 Å². The van der Waals surface area contributed by atoms with E-state index >= 15 is 0 Å². The highest BCUT2D eigenvalue weighted by atomic mass is 14.9. The predicted octanol–water partition coefficient (Wildman–Crippen LogP) is 4.60. The zero-order valence-electron chi connectivity index (χ0n) is 13.5. The van der Waals surface area contributed by atoms with Crippen LogP contribution in [0.3, 0.4) is 0 Å². The summed E-state index contributed by atoms with van der Waals surface area (Å²) in [7, 11) is 0. The highest BCUT2D eigenvalue weighted by Crippen LogP contribution is 2.44. The van der Waals surface area contributed by atoms with Crippen molar-refractivity contribution in [3.05, 3.63) is 69.8 Å². The van der Waals surface area contributed by atoms with Crippen LogP contribution in [0.25, 0.3) is 0 Å². The second-order valence-corrected chi connectivity index (χ2v) is 6.34. The molecule has 0 aliphatic heterocycles. The zero-order chi connectivity index (χ0) is 15.0. The van der Waals surface area contributed by atoms with Crippen molar-refractivity contribution in [2.45, 2.75) is 46.1 Å². The highest BCUT2D eigenvalue weighted by molar-refractivity contribution is 5.46. The fourth-order valence-corrected chi connectivity index (χ4v) is 3.60. The van der Waals surface area contributed by atoms with Crippen LogP contribution in [0.4, 0.5) is 0 Å². The maximum atomic E-state index is 3.73. The maximum Gasteiger partial charge on any atom is 0.0395 e. The monoisotopic (exact) mass is 279 g/mol. The lowest BCUT2D eigenvalue weighted by Crippen LogP contribution is -2.33. The molecule has 1 heteroatoms. The van der Waals surface area contributed by atoms with E-state index < -0.39 is 0 Å². The largest absolute Gasteiger partial charge is 0.310 e. The second kappa shape index (κ2) is 5.65. The minimum atomic E-state index is 0.434. The van der Waals surface area contributed by atoms with Gasteiger partial charge in [0.1, 0.15) is 0 Å². The van der Waals surface area contributed by atoms with Crippen LogP contribution in [-0.4, -0.2) is 6.54 Å². The molecule has 1 aliphatic carbocycles. The molecule has 0 saturated carbocycles. The van der Waals surface area contributed by atoms with Crippen LogP contribution in [0.15, 0.2) is 36.4 Å². The van der Waals surface area contributed by atoms with Crippen molar-refractivity contribution < 1.29 is 0 Å². The molecule has 110 valence electrons. The van der Waals surface area contributed by atoms with E-state index in [9.17, 15) is 0 Å². The molecular weight excluding hydrogens is 254 g/mol. The molecule has 2 unspecified atom stereocenters. The molecule has 0 spiro atoms. The van der Waals surface area contributed by atoms with Crippen molar-refractivity contribution in [2.75, 3.05) is 6.54 Å². The Bertz CT molecular complexity index is 657. The van der Waals surface area contributed by atoms with Crippen LogP contribution < -0.4 is 5.32 Å². The second-order valence-electron chi connectivity index (χ2n) is 6.34. The van der Waals surface area contributed by atoms with Crippen molar-refractivity contribution in [1.29, 1.82) is 0 Å². The van der Waals surface area contributed by atoms with E-state index in [1.54, 1.807) is 0 Å². The molecule has 1 aliphatic rings. The fourth-order valence-electron chi connectivity index (χ4n) is 3.60. The van der Waals surface area contributed by atoms with Gasteiger partial charge in [-0.15, -0.1) is 0 Å². The Morgan fingerprint density at radius 3 is 2.48 bits per heavy atom. The average molecular weight is 279 g/mol. The molecule has 2 atom stereocenters. The summed E-state index contributed by atoms with van der Waals surface area (Å²) in [6, 6.07) is 14.0. The predicted molar refractivity (Wildman–Crippen MR) is 90.0 cm³/mol. The van der Waals surface area contributed by atoms with Crippen LogP contribution in [0, 0.1) is 20.8 Å². The number of benzene rings is 2. The Kier molecular flexibility index (Phi) is 3.86. The molecule has 0 radical (unpaired) electrons. The molecule has 0 aromatic heterocycles. The van der Waals surface area contributed by atoms with Gasteiger partial charge in [-0.3, -0.25) is 0 Å². The third-order valence-electron chi connectivity index (χ3n) is 4.94. The normalized spacial score (nSPS) is 18.0. The minimum Gasteiger partial charge on any atom is -0.310 e. The van der Waals surface area contributed by atoms with Gasteiger partial charge < -0.3 is 5.32 Å². The molecule has 0 fully saturated rings. The lowest BCUT2D eigenvalue weighted by Gasteiger charge is -2.38. The number of hydrogen-bond acceptors (Lipinski definition) is 1. The van der Waals surface area contributed by atoms with Crippen molar-refractivity contribution in [3.63, 3.8) is 0 Å². The first-order chi connectivity index (χ1) is 10.1. The Balaban J connectivity index is 1.99. The van der Waals surface area contributed by atoms with Gasteiger partial charge in [-0.25, -0.2) is 0 Å². The molecule has 0 amide bonds. The van der Waals surface area contributed by atoms with Crippen molar-refractivity contribution in [2.24, 2.45) is 0 Å². The average Bonchev–Trinajstić information content (AvgIpc) is 2.43. The van der Waals surface area contributed by atoms with Gasteiger partial charge >= 0.3 is 0 Å². The molecule has 3 rings (SSSR count). The lowest BCUT2D eigenvalue weighted by molar-refractivity contribution is 0.418. The molecule has 2 aromatic carbocycles. The molecule has 1 nitrogen and oxygen atoms in total. The number of nitrogens with one attached hydrogen (secondary N) is 1. The summed E-state index contributed by atoms with van der Waals surface area (Å²) in [6.07, 6.45) is 1.19. The third kappa shape index (κ3) is 2.51. The standard InChI is InChI=1S/C20H25N/c1-5-21-20(18-11-14(3)13(2)10-15(18)4)19-12-16-8-6-7-9-17(16)19/h6-11,19-21H,5,12H2,1-4H3. The number of aryl methyl sites for hydroxylation is 3. The highest BCUT2D eigenvalue weighted by Gasteiger charge is 2.33. The van der Waals surface area contributed by atoms with Crippen molar-refractivity contribution in [1.82, 2.24) is 5.32 Å². The van der Waals surface area contributed by atoms with Crippen molar-refractivity contribution in [3.8, 4) is 0 Å². The summed E-state index contributed by atoms with van der Waals surface area (Å²) in [4.78, 5) is 0. The summed E-state index contributed by atoms with van der Waals surface area (Å²) < 4.78 is 0. The van der Waals surface area contributed by atoms with Gasteiger partial charge in [0.15, 0.2) is 0 Å². The summed E-state index contributed by atoms with van der Waals surface area (Å²) in [5.41, 5.74) is 8.72. The topological polar surface area (TPSA) is 12.0 Å². The van der Waals surface area contributed by atoms with E-state index in [0.717, 1.165) is 6.54 Å². The Morgan fingerprint density at radius 1 is 1.05 bits per heavy atom. The van der Waals surface area contributed by atoms with Gasteiger partial charge in [0.25, 0.3) is 0 Å². The molecule has 1 N–H and O–H groups in total. The van der Waals surface area contributed by atoms with E-state index in [-0.39, 0.29) is 0 Å². The van der Waals surface area contributed by atoms with E-state index in [1.807, 2.05) is 0 Å². The number of hydrogen-bond donors (Lipinski definition) is 1. The number of fused-ring (bicyclic) bond motifs is 1. The third-order valence-corrected chi connectivity index (χ3v) is 4.94. The Hall–Kier alpha value is -1.60. The lowest BCUT2D eigenvalue weighted by atomic mass is 9.71. The van der Waals surface area contributed by atoms with Crippen LogP contribution in [0.1, 0.15) is 52.3 Å². The zero-order valence-corrected chi connectivity index (χ0v) is 13.5. The van der Waals surface area contributed by atoms with Gasteiger partial charge in [-0.2, -0.15) is 0 Å². The Morgan fingerprint density at radius 2 is 1.76 bits per heavy atom. The van der Waals surface area contributed by atoms with Gasteiger partial charge in [-0.1, -0.05) is 43.3 Å².